The maximum absolute atomic E-state index is 13.0. The van der Waals surface area contributed by atoms with Crippen LogP contribution >= 0.6 is 0 Å². The van der Waals surface area contributed by atoms with E-state index in [9.17, 15) is 9.59 Å². The minimum atomic E-state index is -0.301. The first-order chi connectivity index (χ1) is 13.7. The number of fused-ring (bicyclic) bond motifs is 1. The van der Waals surface area contributed by atoms with E-state index in [0.717, 1.165) is 29.2 Å². The lowest BCUT2D eigenvalue weighted by molar-refractivity contribution is -0.117. The third-order valence-electron chi connectivity index (χ3n) is 4.45. The second kappa shape index (κ2) is 9.51. The molecule has 0 unspecified atom stereocenters. The molecule has 0 aromatic heterocycles. The van der Waals surface area contributed by atoms with Gasteiger partial charge in [0, 0.05) is 12.1 Å². The van der Waals surface area contributed by atoms with Crippen molar-refractivity contribution in [3.63, 3.8) is 0 Å². The summed E-state index contributed by atoms with van der Waals surface area (Å²) in [5, 5.41) is 7.52. The Morgan fingerprint density at radius 2 is 1.61 bits per heavy atom. The maximum Gasteiger partial charge on any atom is 0.267 e. The molecule has 2 N–H and O–H groups in total. The van der Waals surface area contributed by atoms with Crippen LogP contribution in [-0.4, -0.2) is 18.4 Å². The normalized spacial score (nSPS) is 11.2. The highest BCUT2D eigenvalue weighted by atomic mass is 16.2. The lowest BCUT2D eigenvalue weighted by Crippen LogP contribution is -2.35. The number of hydrogen-bond acceptors (Lipinski definition) is 2. The molecule has 0 atom stereocenters. The molecule has 0 saturated carbocycles. The average molecular weight is 372 g/mol. The Kier molecular flexibility index (Phi) is 6.58. The van der Waals surface area contributed by atoms with Crippen molar-refractivity contribution in [2.75, 3.05) is 6.54 Å². The number of benzene rings is 3. The first kappa shape index (κ1) is 19.4. The summed E-state index contributed by atoms with van der Waals surface area (Å²) in [6, 6.07) is 22.8. The number of hydrogen-bond donors (Lipinski definition) is 2. The number of rotatable bonds is 7. The first-order valence-corrected chi connectivity index (χ1v) is 9.53. The Bertz CT molecular complexity index is 988. The molecular weight excluding hydrogens is 348 g/mol. The summed E-state index contributed by atoms with van der Waals surface area (Å²) in [7, 11) is 0. The molecule has 0 bridgehead atoms. The molecule has 0 aliphatic heterocycles. The molecule has 3 aromatic rings. The van der Waals surface area contributed by atoms with E-state index in [2.05, 4.69) is 17.6 Å². The van der Waals surface area contributed by atoms with Gasteiger partial charge in [0.25, 0.3) is 11.8 Å². The van der Waals surface area contributed by atoms with Crippen LogP contribution in [0.2, 0.25) is 0 Å². The third-order valence-corrected chi connectivity index (χ3v) is 4.45. The lowest BCUT2D eigenvalue weighted by atomic mass is 10.0. The van der Waals surface area contributed by atoms with Crippen LogP contribution in [0, 0.1) is 0 Å². The van der Waals surface area contributed by atoms with Crippen molar-refractivity contribution in [2.24, 2.45) is 0 Å². The minimum Gasteiger partial charge on any atom is -0.351 e. The van der Waals surface area contributed by atoms with Crippen molar-refractivity contribution in [1.82, 2.24) is 10.6 Å². The van der Waals surface area contributed by atoms with Gasteiger partial charge in [0.15, 0.2) is 0 Å². The molecule has 0 fully saturated rings. The summed E-state index contributed by atoms with van der Waals surface area (Å²) in [6.07, 6.45) is 3.58. The fraction of sp³-hybridized carbons (Fsp3) is 0.167. The van der Waals surface area contributed by atoms with E-state index in [1.165, 1.54) is 0 Å². The van der Waals surface area contributed by atoms with Gasteiger partial charge in [-0.15, -0.1) is 0 Å². The molecule has 3 aromatic carbocycles. The molecule has 0 aliphatic rings. The summed E-state index contributed by atoms with van der Waals surface area (Å²) >= 11 is 0. The van der Waals surface area contributed by atoms with Crippen LogP contribution in [0.5, 0.6) is 0 Å². The van der Waals surface area contributed by atoms with Crippen LogP contribution < -0.4 is 10.6 Å². The van der Waals surface area contributed by atoms with Crippen LogP contribution in [0.25, 0.3) is 16.8 Å². The van der Waals surface area contributed by atoms with E-state index in [1.54, 1.807) is 12.1 Å². The highest BCUT2D eigenvalue weighted by Gasteiger charge is 2.16. The molecule has 4 nitrogen and oxygen atoms in total. The van der Waals surface area contributed by atoms with Crippen molar-refractivity contribution >= 4 is 28.7 Å². The molecule has 0 spiro atoms. The van der Waals surface area contributed by atoms with Crippen LogP contribution in [0.15, 0.2) is 78.5 Å². The van der Waals surface area contributed by atoms with Gasteiger partial charge in [0.1, 0.15) is 5.70 Å². The summed E-state index contributed by atoms with van der Waals surface area (Å²) in [5.41, 5.74) is 1.63. The van der Waals surface area contributed by atoms with Crippen LogP contribution in [0.1, 0.15) is 35.7 Å². The molecular formula is C24H24N2O2. The van der Waals surface area contributed by atoms with Crippen molar-refractivity contribution in [3.8, 4) is 0 Å². The molecule has 2 amide bonds. The molecule has 0 radical (unpaired) electrons. The Balaban J connectivity index is 1.89. The quantitative estimate of drug-likeness (QED) is 0.473. The molecule has 3 rings (SSSR count). The Morgan fingerprint density at radius 3 is 2.39 bits per heavy atom. The van der Waals surface area contributed by atoms with Gasteiger partial charge in [-0.2, -0.15) is 0 Å². The third kappa shape index (κ3) is 4.86. The largest absolute Gasteiger partial charge is 0.351 e. The highest BCUT2D eigenvalue weighted by molar-refractivity contribution is 6.11. The minimum absolute atomic E-state index is 0.236. The van der Waals surface area contributed by atoms with Gasteiger partial charge >= 0.3 is 0 Å². The Hall–Kier alpha value is -3.40. The zero-order valence-electron chi connectivity index (χ0n) is 15.9. The molecule has 142 valence electrons. The zero-order chi connectivity index (χ0) is 19.8. The second-order valence-electron chi connectivity index (χ2n) is 6.56. The van der Waals surface area contributed by atoms with E-state index in [1.807, 2.05) is 66.7 Å². The van der Waals surface area contributed by atoms with Crippen molar-refractivity contribution < 1.29 is 9.59 Å². The number of carbonyl (C=O) groups excluding carboxylic acids is 2. The topological polar surface area (TPSA) is 58.2 Å². The fourth-order valence-corrected chi connectivity index (χ4v) is 2.96. The molecule has 28 heavy (non-hydrogen) atoms. The van der Waals surface area contributed by atoms with Gasteiger partial charge in [-0.25, -0.2) is 0 Å². The molecule has 0 heterocycles. The number of carbonyl (C=O) groups is 2. The first-order valence-electron chi connectivity index (χ1n) is 9.53. The number of amides is 2. The van der Waals surface area contributed by atoms with E-state index in [4.69, 9.17) is 0 Å². The fourth-order valence-electron chi connectivity index (χ4n) is 2.96. The summed E-state index contributed by atoms with van der Waals surface area (Å²) in [5.74, 6) is -0.587. The molecule has 0 saturated heterocycles. The van der Waals surface area contributed by atoms with E-state index in [-0.39, 0.29) is 17.5 Å². The SMILES string of the molecule is CCCCNC(=O)/C(=C/c1ccccc1)NC(=O)c1cccc2ccccc12. The van der Waals surface area contributed by atoms with Gasteiger partial charge in [-0.05, 0) is 34.9 Å². The summed E-state index contributed by atoms with van der Waals surface area (Å²) < 4.78 is 0. The predicted octanol–water partition coefficient (Wildman–Crippen LogP) is 4.53. The van der Waals surface area contributed by atoms with E-state index < -0.39 is 0 Å². The zero-order valence-corrected chi connectivity index (χ0v) is 15.9. The Morgan fingerprint density at radius 1 is 0.893 bits per heavy atom. The Labute approximate surface area is 165 Å². The second-order valence-corrected chi connectivity index (χ2v) is 6.56. The molecule has 0 aliphatic carbocycles. The average Bonchev–Trinajstić information content (AvgIpc) is 2.73. The van der Waals surface area contributed by atoms with Crippen molar-refractivity contribution in [2.45, 2.75) is 19.8 Å². The highest BCUT2D eigenvalue weighted by Crippen LogP contribution is 2.19. The van der Waals surface area contributed by atoms with Crippen LogP contribution in [0.4, 0.5) is 0 Å². The predicted molar refractivity (Wildman–Crippen MR) is 114 cm³/mol. The van der Waals surface area contributed by atoms with Crippen molar-refractivity contribution in [3.05, 3.63) is 89.6 Å². The van der Waals surface area contributed by atoms with Gasteiger partial charge in [0.05, 0.1) is 0 Å². The number of nitrogens with one attached hydrogen (secondary N) is 2. The smallest absolute Gasteiger partial charge is 0.267 e. The van der Waals surface area contributed by atoms with Gasteiger partial charge in [-0.3, -0.25) is 9.59 Å². The van der Waals surface area contributed by atoms with Gasteiger partial charge < -0.3 is 10.6 Å². The standard InChI is InChI=1S/C24H24N2O2/c1-2-3-16-25-24(28)22(17-18-10-5-4-6-11-18)26-23(27)21-15-9-13-19-12-7-8-14-20(19)21/h4-15,17H,2-3,16H2,1H3,(H,25,28)(H,26,27)/b22-17-. The van der Waals surface area contributed by atoms with Crippen LogP contribution in [0.3, 0.4) is 0 Å². The van der Waals surface area contributed by atoms with E-state index >= 15 is 0 Å². The number of unbranched alkanes of at least 4 members (excludes halogenated alkanes) is 1. The lowest BCUT2D eigenvalue weighted by Gasteiger charge is -2.12. The van der Waals surface area contributed by atoms with Gasteiger partial charge in [-0.1, -0.05) is 80.1 Å². The maximum atomic E-state index is 13.0. The van der Waals surface area contributed by atoms with Crippen LogP contribution in [-0.2, 0) is 4.79 Å². The van der Waals surface area contributed by atoms with Gasteiger partial charge in [0.2, 0.25) is 0 Å². The summed E-state index contributed by atoms with van der Waals surface area (Å²) in [6.45, 7) is 2.64. The summed E-state index contributed by atoms with van der Waals surface area (Å²) in [4.78, 5) is 25.6. The monoisotopic (exact) mass is 372 g/mol. The van der Waals surface area contributed by atoms with Crippen molar-refractivity contribution in [1.29, 1.82) is 0 Å². The van der Waals surface area contributed by atoms with E-state index in [0.29, 0.717) is 12.1 Å². The molecule has 4 heteroatoms.